The fourth-order valence-corrected chi connectivity index (χ4v) is 2.19. The minimum absolute atomic E-state index is 0.641. The number of rotatable bonds is 6. The lowest BCUT2D eigenvalue weighted by atomic mass is 9.97. The summed E-state index contributed by atoms with van der Waals surface area (Å²) in [4.78, 5) is 0. The molecule has 4 N–H and O–H groups in total. The third-order valence-corrected chi connectivity index (χ3v) is 3.68. The van der Waals surface area contributed by atoms with Gasteiger partial charge in [0, 0.05) is 5.56 Å². The quantitative estimate of drug-likeness (QED) is 0.608. The second-order valence-electron chi connectivity index (χ2n) is 5.36. The van der Waals surface area contributed by atoms with Gasteiger partial charge in [0.15, 0.2) is 0 Å². The molecule has 2 aromatic rings. The van der Waals surface area contributed by atoms with E-state index in [1.807, 2.05) is 30.3 Å². The second-order valence-corrected chi connectivity index (χ2v) is 5.36. The van der Waals surface area contributed by atoms with Gasteiger partial charge in [-0.25, -0.2) is 0 Å². The molecule has 124 valence electrons. The third-order valence-electron chi connectivity index (χ3n) is 3.68. The molecule has 0 spiro atoms. The van der Waals surface area contributed by atoms with Crippen molar-refractivity contribution in [1.29, 1.82) is 0 Å². The lowest BCUT2D eigenvalue weighted by molar-refractivity contribution is -0.378. The molecule has 0 radical (unpaired) electrons. The monoisotopic (exact) mass is 324 g/mol. The zero-order valence-corrected chi connectivity index (χ0v) is 12.2. The zero-order valence-electron chi connectivity index (χ0n) is 12.2. The molecule has 0 saturated carbocycles. The van der Waals surface area contributed by atoms with Crippen molar-refractivity contribution in [2.75, 3.05) is 0 Å². The Morgan fingerprint density at radius 3 is 1.74 bits per heavy atom. The standard InChI is InChI=1S/C17H18F2O4/c18-16(19,17(22,23)15(20)21)14-10-8-13(9-11-14)7-6-12-4-2-1-3-5-12/h1-5,8-11,15,20-23H,6-7H2. The summed E-state index contributed by atoms with van der Waals surface area (Å²) in [6, 6.07) is 14.7. The summed E-state index contributed by atoms with van der Waals surface area (Å²) in [5.41, 5.74) is 1.22. The van der Waals surface area contributed by atoms with Gasteiger partial charge in [0.25, 0.3) is 5.79 Å². The fraction of sp³-hybridized carbons (Fsp3) is 0.294. The van der Waals surface area contributed by atoms with Gasteiger partial charge in [-0.1, -0.05) is 54.6 Å². The summed E-state index contributed by atoms with van der Waals surface area (Å²) in [5, 5.41) is 35.8. The van der Waals surface area contributed by atoms with E-state index in [4.69, 9.17) is 10.2 Å². The van der Waals surface area contributed by atoms with Gasteiger partial charge in [0.1, 0.15) is 0 Å². The first kappa shape index (κ1) is 17.5. The van der Waals surface area contributed by atoms with Crippen LogP contribution in [0.4, 0.5) is 8.78 Å². The smallest absolute Gasteiger partial charge is 0.330 e. The summed E-state index contributed by atoms with van der Waals surface area (Å²) >= 11 is 0. The molecule has 0 aliphatic rings. The molecule has 6 heteroatoms. The van der Waals surface area contributed by atoms with Crippen molar-refractivity contribution in [2.45, 2.75) is 30.8 Å². The Kier molecular flexibility index (Phi) is 5.11. The molecule has 2 rings (SSSR count). The molecule has 0 atom stereocenters. The molecule has 2 aromatic carbocycles. The van der Waals surface area contributed by atoms with Crippen LogP contribution in [0.1, 0.15) is 16.7 Å². The summed E-state index contributed by atoms with van der Waals surface area (Å²) in [6.07, 6.45) is -1.60. The fourth-order valence-electron chi connectivity index (χ4n) is 2.19. The average molecular weight is 324 g/mol. The maximum absolute atomic E-state index is 13.9. The average Bonchev–Trinajstić information content (AvgIpc) is 2.54. The van der Waals surface area contributed by atoms with Gasteiger partial charge in [-0.15, -0.1) is 0 Å². The number of aryl methyl sites for hydroxylation is 2. The largest absolute Gasteiger partial charge is 0.364 e. The SMILES string of the molecule is OC(O)C(O)(O)C(F)(F)c1ccc(CCc2ccccc2)cc1. The van der Waals surface area contributed by atoms with E-state index >= 15 is 0 Å². The van der Waals surface area contributed by atoms with E-state index in [1.54, 1.807) is 0 Å². The van der Waals surface area contributed by atoms with E-state index in [0.717, 1.165) is 29.7 Å². The number of hydrogen-bond donors (Lipinski definition) is 4. The molecular formula is C17H18F2O4. The van der Waals surface area contributed by atoms with Gasteiger partial charge in [0.05, 0.1) is 0 Å². The van der Waals surface area contributed by atoms with Gasteiger partial charge in [-0.3, -0.25) is 0 Å². The van der Waals surface area contributed by atoms with Crippen LogP contribution in [0.2, 0.25) is 0 Å². The minimum atomic E-state index is -4.22. The van der Waals surface area contributed by atoms with E-state index in [0.29, 0.717) is 6.42 Å². The van der Waals surface area contributed by atoms with Crippen molar-refractivity contribution in [3.63, 3.8) is 0 Å². The molecule has 0 fully saturated rings. The number of alkyl halides is 2. The number of aliphatic hydroxyl groups is 4. The van der Waals surface area contributed by atoms with Crippen LogP contribution in [-0.4, -0.2) is 32.5 Å². The summed E-state index contributed by atoms with van der Waals surface area (Å²) in [6.45, 7) is 0. The second kappa shape index (κ2) is 6.72. The molecule has 0 aliphatic carbocycles. The zero-order chi connectivity index (χ0) is 17.1. The van der Waals surface area contributed by atoms with Gasteiger partial charge < -0.3 is 20.4 Å². The molecule has 0 unspecified atom stereocenters. The Hall–Kier alpha value is -1.86. The molecular weight excluding hydrogens is 306 g/mol. The Morgan fingerprint density at radius 2 is 1.26 bits per heavy atom. The predicted octanol–water partition coefficient (Wildman–Crippen LogP) is 1.56. The van der Waals surface area contributed by atoms with Crippen LogP contribution in [0, 0.1) is 0 Å². The lowest BCUT2D eigenvalue weighted by Crippen LogP contribution is -2.54. The summed E-state index contributed by atoms with van der Waals surface area (Å²) in [5.74, 6) is -8.18. The highest BCUT2D eigenvalue weighted by molar-refractivity contribution is 5.28. The van der Waals surface area contributed by atoms with E-state index in [1.165, 1.54) is 12.1 Å². The van der Waals surface area contributed by atoms with Crippen LogP contribution in [0.15, 0.2) is 54.6 Å². The van der Waals surface area contributed by atoms with Crippen molar-refractivity contribution >= 4 is 0 Å². The normalized spacial score (nSPS) is 12.7. The Bertz CT molecular complexity index is 625. The van der Waals surface area contributed by atoms with Crippen LogP contribution in [0.5, 0.6) is 0 Å². The van der Waals surface area contributed by atoms with Gasteiger partial charge in [0.2, 0.25) is 6.29 Å². The Morgan fingerprint density at radius 1 is 0.783 bits per heavy atom. The molecule has 23 heavy (non-hydrogen) atoms. The van der Waals surface area contributed by atoms with Crippen molar-refractivity contribution in [1.82, 2.24) is 0 Å². The minimum Gasteiger partial charge on any atom is -0.364 e. The molecule has 0 bridgehead atoms. The van der Waals surface area contributed by atoms with Crippen molar-refractivity contribution < 1.29 is 29.2 Å². The molecule has 0 aliphatic heterocycles. The molecule has 0 saturated heterocycles. The maximum atomic E-state index is 13.9. The molecule has 0 aromatic heterocycles. The van der Waals surface area contributed by atoms with Gasteiger partial charge in [-0.2, -0.15) is 8.78 Å². The van der Waals surface area contributed by atoms with Crippen molar-refractivity contribution in [3.8, 4) is 0 Å². The first-order chi connectivity index (χ1) is 10.7. The van der Waals surface area contributed by atoms with E-state index < -0.39 is 23.6 Å². The van der Waals surface area contributed by atoms with Crippen molar-refractivity contribution in [3.05, 3.63) is 71.3 Å². The highest BCUT2D eigenvalue weighted by atomic mass is 19.3. The van der Waals surface area contributed by atoms with Crippen LogP contribution in [-0.2, 0) is 18.8 Å². The number of halogens is 2. The Labute approximate surface area is 132 Å². The summed E-state index contributed by atoms with van der Waals surface area (Å²) in [7, 11) is 0. The molecule has 4 nitrogen and oxygen atoms in total. The molecule has 0 heterocycles. The number of benzene rings is 2. The van der Waals surface area contributed by atoms with Gasteiger partial charge in [-0.05, 0) is 24.0 Å². The van der Waals surface area contributed by atoms with Crippen LogP contribution < -0.4 is 0 Å². The number of aliphatic hydroxyl groups excluding tert-OH is 1. The maximum Gasteiger partial charge on any atom is 0.330 e. The topological polar surface area (TPSA) is 80.9 Å². The highest BCUT2D eigenvalue weighted by Gasteiger charge is 2.57. The van der Waals surface area contributed by atoms with Crippen LogP contribution in [0.25, 0.3) is 0 Å². The van der Waals surface area contributed by atoms with Crippen LogP contribution in [0.3, 0.4) is 0 Å². The Balaban J connectivity index is 2.10. The predicted molar refractivity (Wildman–Crippen MR) is 79.6 cm³/mol. The van der Waals surface area contributed by atoms with E-state index in [2.05, 4.69) is 0 Å². The highest BCUT2D eigenvalue weighted by Crippen LogP contribution is 2.39. The van der Waals surface area contributed by atoms with Crippen LogP contribution >= 0.6 is 0 Å². The van der Waals surface area contributed by atoms with Crippen molar-refractivity contribution in [2.24, 2.45) is 0 Å². The third kappa shape index (κ3) is 3.73. The summed E-state index contributed by atoms with van der Waals surface area (Å²) < 4.78 is 27.9. The lowest BCUT2D eigenvalue weighted by Gasteiger charge is -2.32. The first-order valence-corrected chi connectivity index (χ1v) is 7.07. The van der Waals surface area contributed by atoms with E-state index in [-0.39, 0.29) is 0 Å². The van der Waals surface area contributed by atoms with Gasteiger partial charge >= 0.3 is 5.92 Å². The number of hydrogen-bond acceptors (Lipinski definition) is 4. The molecule has 0 amide bonds. The first-order valence-electron chi connectivity index (χ1n) is 7.07. The van der Waals surface area contributed by atoms with E-state index in [9.17, 15) is 19.0 Å².